The first-order valence-corrected chi connectivity index (χ1v) is 5.94. The summed E-state index contributed by atoms with van der Waals surface area (Å²) in [7, 11) is 1.65. The average Bonchev–Trinajstić information content (AvgIpc) is 2.94. The van der Waals surface area contributed by atoms with Crippen molar-refractivity contribution >= 4 is 17.3 Å². The van der Waals surface area contributed by atoms with Gasteiger partial charge >= 0.3 is 5.97 Å². The highest BCUT2D eigenvalue weighted by Gasteiger charge is 2.10. The van der Waals surface area contributed by atoms with E-state index >= 15 is 0 Å². The zero-order chi connectivity index (χ0) is 12.3. The van der Waals surface area contributed by atoms with E-state index in [-0.39, 0.29) is 5.69 Å². The van der Waals surface area contributed by atoms with Crippen LogP contribution >= 0.6 is 11.3 Å². The van der Waals surface area contributed by atoms with Crippen molar-refractivity contribution in [1.29, 1.82) is 0 Å². The van der Waals surface area contributed by atoms with Crippen LogP contribution < -0.4 is 0 Å². The minimum absolute atomic E-state index is 0.173. The smallest absolute Gasteiger partial charge is 0.352 e. The number of aromatic amines is 1. The van der Waals surface area contributed by atoms with Gasteiger partial charge in [0.15, 0.2) is 0 Å². The van der Waals surface area contributed by atoms with Crippen LogP contribution in [0.4, 0.5) is 0 Å². The van der Waals surface area contributed by atoms with Gasteiger partial charge in [0, 0.05) is 30.7 Å². The number of thiazole rings is 1. The Morgan fingerprint density at radius 1 is 1.65 bits per heavy atom. The number of nitrogens with one attached hydrogen (secondary N) is 1. The van der Waals surface area contributed by atoms with Crippen molar-refractivity contribution in [3.05, 3.63) is 28.3 Å². The summed E-state index contributed by atoms with van der Waals surface area (Å²) in [6, 6.07) is 1.58. The van der Waals surface area contributed by atoms with E-state index in [1.165, 1.54) is 0 Å². The molecule has 0 spiro atoms. The molecular weight excluding hydrogens is 240 g/mol. The summed E-state index contributed by atoms with van der Waals surface area (Å²) < 4.78 is 4.98. The molecule has 2 aromatic rings. The summed E-state index contributed by atoms with van der Waals surface area (Å²) in [5.41, 5.74) is 1.76. The van der Waals surface area contributed by atoms with Crippen molar-refractivity contribution < 1.29 is 14.6 Å². The molecule has 0 fully saturated rings. The van der Waals surface area contributed by atoms with Gasteiger partial charge in [-0.1, -0.05) is 0 Å². The van der Waals surface area contributed by atoms with Gasteiger partial charge in [0.1, 0.15) is 5.69 Å². The highest BCUT2D eigenvalue weighted by atomic mass is 32.1. The van der Waals surface area contributed by atoms with Gasteiger partial charge in [-0.25, -0.2) is 9.78 Å². The molecule has 2 N–H and O–H groups in total. The summed E-state index contributed by atoms with van der Waals surface area (Å²) in [5.74, 6) is -0.967. The predicted molar refractivity (Wildman–Crippen MR) is 64.4 cm³/mol. The highest BCUT2D eigenvalue weighted by molar-refractivity contribution is 7.09. The molecule has 0 aliphatic heterocycles. The zero-order valence-electron chi connectivity index (χ0n) is 9.27. The van der Waals surface area contributed by atoms with Crippen LogP contribution in [-0.2, 0) is 11.2 Å². The predicted octanol–water partition coefficient (Wildman–Crippen LogP) is 2.03. The molecule has 90 valence electrons. The number of aromatic nitrogens is 2. The summed E-state index contributed by atoms with van der Waals surface area (Å²) in [6.45, 7) is 0.639. The van der Waals surface area contributed by atoms with Gasteiger partial charge < -0.3 is 14.8 Å². The molecule has 0 saturated carbocycles. The largest absolute Gasteiger partial charge is 0.477 e. The lowest BCUT2D eigenvalue weighted by atomic mass is 10.2. The minimum Gasteiger partial charge on any atom is -0.477 e. The molecule has 0 aliphatic carbocycles. The number of hydrogen-bond donors (Lipinski definition) is 2. The van der Waals surface area contributed by atoms with E-state index in [2.05, 4.69) is 9.97 Å². The Morgan fingerprint density at radius 2 is 2.47 bits per heavy atom. The van der Waals surface area contributed by atoms with Crippen LogP contribution in [0.3, 0.4) is 0 Å². The first-order valence-electron chi connectivity index (χ1n) is 5.06. The number of ether oxygens (including phenoxy) is 1. The van der Waals surface area contributed by atoms with Crippen molar-refractivity contribution in [2.24, 2.45) is 0 Å². The first kappa shape index (κ1) is 11.8. The van der Waals surface area contributed by atoms with E-state index in [0.29, 0.717) is 6.61 Å². The molecule has 5 nitrogen and oxygen atoms in total. The molecule has 0 bridgehead atoms. The lowest BCUT2D eigenvalue weighted by Crippen LogP contribution is -1.94. The maximum absolute atomic E-state index is 10.7. The Kier molecular flexibility index (Phi) is 3.55. The second-order valence-electron chi connectivity index (χ2n) is 3.48. The van der Waals surface area contributed by atoms with Gasteiger partial charge in [0.2, 0.25) is 0 Å². The summed E-state index contributed by atoms with van der Waals surface area (Å²) in [6.07, 6.45) is 2.43. The van der Waals surface area contributed by atoms with Crippen LogP contribution in [0.25, 0.3) is 11.3 Å². The average molecular weight is 252 g/mol. The van der Waals surface area contributed by atoms with Crippen molar-refractivity contribution in [3.8, 4) is 11.3 Å². The Bertz CT molecular complexity index is 518. The molecule has 2 rings (SSSR count). The van der Waals surface area contributed by atoms with Gasteiger partial charge in [-0.3, -0.25) is 0 Å². The molecule has 6 heteroatoms. The lowest BCUT2D eigenvalue weighted by Gasteiger charge is -1.93. The molecule has 0 saturated heterocycles. The van der Waals surface area contributed by atoms with Crippen molar-refractivity contribution in [1.82, 2.24) is 9.97 Å². The summed E-state index contributed by atoms with van der Waals surface area (Å²) in [5, 5.41) is 11.7. The summed E-state index contributed by atoms with van der Waals surface area (Å²) in [4.78, 5) is 17.8. The monoisotopic (exact) mass is 252 g/mol. The standard InChI is InChI=1S/C11H12N2O3S/c1-16-3-2-10-13-9(6-17-10)7-4-8(11(14)15)12-5-7/h4-6,12H,2-3H2,1H3,(H,14,15). The Balaban J connectivity index is 2.15. The maximum atomic E-state index is 10.7. The Morgan fingerprint density at radius 3 is 3.12 bits per heavy atom. The first-order chi connectivity index (χ1) is 8.20. The number of hydrogen-bond acceptors (Lipinski definition) is 4. The second-order valence-corrected chi connectivity index (χ2v) is 4.42. The fourth-order valence-electron chi connectivity index (χ4n) is 1.41. The third-order valence-corrected chi connectivity index (χ3v) is 3.19. The Hall–Kier alpha value is -1.66. The van der Waals surface area contributed by atoms with E-state index in [0.717, 1.165) is 22.7 Å². The molecule has 0 unspecified atom stereocenters. The van der Waals surface area contributed by atoms with E-state index in [1.807, 2.05) is 5.38 Å². The number of rotatable bonds is 5. The molecule has 0 radical (unpaired) electrons. The molecular formula is C11H12N2O3S. The van der Waals surface area contributed by atoms with Gasteiger partial charge in [0.05, 0.1) is 17.3 Å². The number of carboxylic acid groups (broad SMARTS) is 1. The van der Waals surface area contributed by atoms with E-state index < -0.39 is 5.97 Å². The van der Waals surface area contributed by atoms with E-state index in [1.54, 1.807) is 30.7 Å². The van der Waals surface area contributed by atoms with Gasteiger partial charge in [-0.2, -0.15) is 0 Å². The third kappa shape index (κ3) is 2.72. The van der Waals surface area contributed by atoms with Gasteiger partial charge in [0.25, 0.3) is 0 Å². The minimum atomic E-state index is -0.967. The van der Waals surface area contributed by atoms with Crippen molar-refractivity contribution in [2.45, 2.75) is 6.42 Å². The summed E-state index contributed by atoms with van der Waals surface area (Å²) >= 11 is 1.55. The number of nitrogens with zero attached hydrogens (tertiary/aromatic N) is 1. The third-order valence-electron chi connectivity index (χ3n) is 2.28. The van der Waals surface area contributed by atoms with Crippen LogP contribution in [0.15, 0.2) is 17.6 Å². The SMILES string of the molecule is COCCc1nc(-c2c[nH]c(C(=O)O)c2)cs1. The fourth-order valence-corrected chi connectivity index (χ4v) is 2.20. The Labute approximate surface area is 102 Å². The number of carbonyl (C=O) groups is 1. The lowest BCUT2D eigenvalue weighted by molar-refractivity contribution is 0.0691. The molecule has 2 aromatic heterocycles. The van der Waals surface area contributed by atoms with Crippen LogP contribution in [0, 0.1) is 0 Å². The van der Waals surface area contributed by atoms with Crippen LogP contribution in [-0.4, -0.2) is 34.8 Å². The van der Waals surface area contributed by atoms with Crippen molar-refractivity contribution in [3.63, 3.8) is 0 Å². The topological polar surface area (TPSA) is 75.2 Å². The van der Waals surface area contributed by atoms with Gasteiger partial charge in [-0.05, 0) is 6.07 Å². The number of carboxylic acids is 1. The highest BCUT2D eigenvalue weighted by Crippen LogP contribution is 2.22. The molecule has 0 atom stereocenters. The van der Waals surface area contributed by atoms with Gasteiger partial charge in [-0.15, -0.1) is 11.3 Å². The molecule has 0 aromatic carbocycles. The number of methoxy groups -OCH3 is 1. The maximum Gasteiger partial charge on any atom is 0.352 e. The quantitative estimate of drug-likeness (QED) is 0.853. The fraction of sp³-hybridized carbons (Fsp3) is 0.273. The number of aromatic carboxylic acids is 1. The van der Waals surface area contributed by atoms with E-state index in [9.17, 15) is 4.79 Å². The zero-order valence-corrected chi connectivity index (χ0v) is 10.1. The molecule has 0 aliphatic rings. The normalized spacial score (nSPS) is 10.6. The second kappa shape index (κ2) is 5.11. The molecule has 0 amide bonds. The van der Waals surface area contributed by atoms with E-state index in [4.69, 9.17) is 9.84 Å². The molecule has 17 heavy (non-hydrogen) atoms. The van der Waals surface area contributed by atoms with Crippen LogP contribution in [0.1, 0.15) is 15.5 Å². The number of H-pyrrole nitrogens is 1. The van der Waals surface area contributed by atoms with Crippen molar-refractivity contribution in [2.75, 3.05) is 13.7 Å². The van der Waals surface area contributed by atoms with Crippen LogP contribution in [0.5, 0.6) is 0 Å². The van der Waals surface area contributed by atoms with Crippen LogP contribution in [0.2, 0.25) is 0 Å². The molecule has 2 heterocycles.